The Morgan fingerprint density at radius 3 is 2.32 bits per heavy atom. The van der Waals surface area contributed by atoms with Gasteiger partial charge < -0.3 is 15.0 Å². The molecule has 0 radical (unpaired) electrons. The van der Waals surface area contributed by atoms with E-state index in [9.17, 15) is 13.2 Å². The number of amides is 1. The third kappa shape index (κ3) is 5.77. The Bertz CT molecular complexity index is 1010. The number of carbonyl (C=O) groups excluding carboxylic acids is 1. The number of nitrogens with one attached hydrogen (secondary N) is 2. The van der Waals surface area contributed by atoms with Gasteiger partial charge in [0.05, 0.1) is 7.11 Å². The van der Waals surface area contributed by atoms with E-state index < -0.39 is 10.0 Å². The second-order valence-electron chi connectivity index (χ2n) is 8.21. The van der Waals surface area contributed by atoms with Crippen LogP contribution in [-0.2, 0) is 10.0 Å². The zero-order valence-corrected chi connectivity index (χ0v) is 19.3. The molecule has 0 aliphatic carbocycles. The zero-order chi connectivity index (χ0) is 22.6. The molecule has 0 atom stereocenters. The van der Waals surface area contributed by atoms with Crippen molar-refractivity contribution in [2.24, 2.45) is 0 Å². The van der Waals surface area contributed by atoms with Gasteiger partial charge in [-0.15, -0.1) is 0 Å². The van der Waals surface area contributed by atoms with Crippen molar-refractivity contribution in [2.45, 2.75) is 50.6 Å². The van der Waals surface area contributed by atoms with Crippen LogP contribution in [0.5, 0.6) is 5.75 Å². The molecule has 1 aliphatic heterocycles. The molecule has 0 aromatic heterocycles. The van der Waals surface area contributed by atoms with Crippen LogP contribution in [-0.4, -0.2) is 51.5 Å². The van der Waals surface area contributed by atoms with Crippen molar-refractivity contribution in [3.05, 3.63) is 53.6 Å². The Labute approximate surface area is 184 Å². The second kappa shape index (κ2) is 9.70. The molecule has 1 aliphatic rings. The van der Waals surface area contributed by atoms with Crippen LogP contribution in [0.1, 0.15) is 42.6 Å². The Kier molecular flexibility index (Phi) is 7.23. The van der Waals surface area contributed by atoms with Gasteiger partial charge in [0.15, 0.2) is 0 Å². The maximum Gasteiger partial charge on any atom is 0.265 e. The fraction of sp³-hybridized carbons (Fsp3) is 0.435. The predicted octanol–water partition coefficient (Wildman–Crippen LogP) is 3.41. The highest BCUT2D eigenvalue weighted by molar-refractivity contribution is 7.92. The van der Waals surface area contributed by atoms with Crippen LogP contribution in [0.3, 0.4) is 0 Å². The van der Waals surface area contributed by atoms with Crippen molar-refractivity contribution in [3.8, 4) is 5.75 Å². The molecule has 0 saturated carbocycles. The molecule has 168 valence electrons. The first-order chi connectivity index (χ1) is 14.7. The number of rotatable bonds is 7. The minimum absolute atomic E-state index is 0.0714. The Balaban J connectivity index is 1.76. The van der Waals surface area contributed by atoms with Gasteiger partial charge >= 0.3 is 0 Å². The minimum atomic E-state index is -3.94. The summed E-state index contributed by atoms with van der Waals surface area (Å²) < 4.78 is 33.8. The van der Waals surface area contributed by atoms with Gasteiger partial charge in [-0.05, 0) is 63.9 Å². The lowest BCUT2D eigenvalue weighted by Crippen LogP contribution is -2.46. The van der Waals surface area contributed by atoms with E-state index in [1.165, 1.54) is 19.2 Å². The summed E-state index contributed by atoms with van der Waals surface area (Å²) in [5, 5.41) is 3.05. The van der Waals surface area contributed by atoms with Crippen LogP contribution in [0.15, 0.2) is 47.4 Å². The molecule has 0 spiro atoms. The van der Waals surface area contributed by atoms with Crippen LogP contribution >= 0.6 is 0 Å². The van der Waals surface area contributed by atoms with Gasteiger partial charge in [0, 0.05) is 36.4 Å². The molecule has 2 aromatic rings. The summed E-state index contributed by atoms with van der Waals surface area (Å²) in [6.07, 6.45) is 1.75. The fourth-order valence-electron chi connectivity index (χ4n) is 3.69. The van der Waals surface area contributed by atoms with E-state index in [2.05, 4.69) is 28.8 Å². The summed E-state index contributed by atoms with van der Waals surface area (Å²) >= 11 is 0. The standard InChI is InChI=1S/C23H31N3O4S/c1-16(2)26-13-11-19(12-14-26)24-23(27)18-7-10-21(30-4)22(15-18)31(28,29)25-20-8-5-17(3)6-9-20/h5-10,15-16,19,25H,11-14H2,1-4H3,(H,24,27). The van der Waals surface area contributed by atoms with Crippen molar-refractivity contribution in [2.75, 3.05) is 24.9 Å². The predicted molar refractivity (Wildman–Crippen MR) is 122 cm³/mol. The number of anilines is 1. The van der Waals surface area contributed by atoms with Crippen molar-refractivity contribution >= 4 is 21.6 Å². The first kappa shape index (κ1) is 23.1. The number of benzene rings is 2. The van der Waals surface area contributed by atoms with Gasteiger partial charge in [0.25, 0.3) is 15.9 Å². The monoisotopic (exact) mass is 445 g/mol. The number of sulfonamides is 1. The van der Waals surface area contributed by atoms with Gasteiger partial charge in [0.2, 0.25) is 0 Å². The summed E-state index contributed by atoms with van der Waals surface area (Å²) in [4.78, 5) is 15.1. The SMILES string of the molecule is COc1ccc(C(=O)NC2CCN(C(C)C)CC2)cc1S(=O)(=O)Nc1ccc(C)cc1. The summed E-state index contributed by atoms with van der Waals surface area (Å²) in [6.45, 7) is 8.14. The third-order valence-electron chi connectivity index (χ3n) is 5.61. The topological polar surface area (TPSA) is 87.7 Å². The van der Waals surface area contributed by atoms with Gasteiger partial charge in [-0.1, -0.05) is 17.7 Å². The van der Waals surface area contributed by atoms with Gasteiger partial charge in [-0.2, -0.15) is 0 Å². The molecule has 0 unspecified atom stereocenters. The Morgan fingerprint density at radius 2 is 1.74 bits per heavy atom. The molecule has 1 amide bonds. The highest BCUT2D eigenvalue weighted by atomic mass is 32.2. The minimum Gasteiger partial charge on any atom is -0.495 e. The van der Waals surface area contributed by atoms with E-state index in [-0.39, 0.29) is 28.2 Å². The van der Waals surface area contributed by atoms with Crippen LogP contribution in [0.2, 0.25) is 0 Å². The lowest BCUT2D eigenvalue weighted by molar-refractivity contribution is 0.0900. The molecular weight excluding hydrogens is 414 g/mol. The van der Waals surface area contributed by atoms with Crippen molar-refractivity contribution in [1.29, 1.82) is 0 Å². The molecule has 2 N–H and O–H groups in total. The molecule has 3 rings (SSSR count). The highest BCUT2D eigenvalue weighted by Crippen LogP contribution is 2.27. The van der Waals surface area contributed by atoms with E-state index in [0.29, 0.717) is 11.7 Å². The first-order valence-corrected chi connectivity index (χ1v) is 12.0. The molecule has 2 aromatic carbocycles. The summed E-state index contributed by atoms with van der Waals surface area (Å²) in [7, 11) is -2.53. The summed E-state index contributed by atoms with van der Waals surface area (Å²) in [5.74, 6) is -0.0983. The quantitative estimate of drug-likeness (QED) is 0.682. The van der Waals surface area contributed by atoms with Crippen molar-refractivity contribution < 1.29 is 17.9 Å². The largest absolute Gasteiger partial charge is 0.495 e. The van der Waals surface area contributed by atoms with Crippen molar-refractivity contribution in [1.82, 2.24) is 10.2 Å². The summed E-state index contributed by atoms with van der Waals surface area (Å²) in [6, 6.07) is 12.1. The van der Waals surface area contributed by atoms with Crippen LogP contribution in [0, 0.1) is 6.92 Å². The average Bonchev–Trinajstić information content (AvgIpc) is 2.75. The van der Waals surface area contributed by atoms with Crippen molar-refractivity contribution in [3.63, 3.8) is 0 Å². The lowest BCUT2D eigenvalue weighted by Gasteiger charge is -2.34. The maximum absolute atomic E-state index is 13.0. The molecule has 1 heterocycles. The summed E-state index contributed by atoms with van der Waals surface area (Å²) in [5.41, 5.74) is 1.76. The number of hydrogen-bond donors (Lipinski definition) is 2. The molecule has 1 fully saturated rings. The number of likely N-dealkylation sites (tertiary alicyclic amines) is 1. The number of nitrogens with zero attached hydrogens (tertiary/aromatic N) is 1. The normalized spacial score (nSPS) is 15.6. The van der Waals surface area contributed by atoms with E-state index in [1.54, 1.807) is 18.2 Å². The van der Waals surface area contributed by atoms with E-state index in [4.69, 9.17) is 4.74 Å². The van der Waals surface area contributed by atoms with Gasteiger partial charge in [0.1, 0.15) is 10.6 Å². The second-order valence-corrected chi connectivity index (χ2v) is 9.87. The van der Waals surface area contributed by atoms with E-state index in [1.807, 2.05) is 19.1 Å². The maximum atomic E-state index is 13.0. The molecule has 7 nitrogen and oxygen atoms in total. The molecule has 0 bridgehead atoms. The first-order valence-electron chi connectivity index (χ1n) is 10.5. The number of methoxy groups -OCH3 is 1. The highest BCUT2D eigenvalue weighted by Gasteiger charge is 2.25. The number of ether oxygens (including phenoxy) is 1. The van der Waals surface area contributed by atoms with Gasteiger partial charge in [-0.25, -0.2) is 8.42 Å². The Morgan fingerprint density at radius 1 is 1.10 bits per heavy atom. The lowest BCUT2D eigenvalue weighted by atomic mass is 10.0. The van der Waals surface area contributed by atoms with E-state index >= 15 is 0 Å². The number of hydrogen-bond acceptors (Lipinski definition) is 5. The van der Waals surface area contributed by atoms with Crippen LogP contribution in [0.4, 0.5) is 5.69 Å². The number of carbonyl (C=O) groups is 1. The number of piperidine rings is 1. The third-order valence-corrected chi connectivity index (χ3v) is 7.02. The Hall–Kier alpha value is -2.58. The van der Waals surface area contributed by atoms with Crippen LogP contribution < -0.4 is 14.8 Å². The fourth-order valence-corrected chi connectivity index (χ4v) is 4.94. The van der Waals surface area contributed by atoms with Crippen LogP contribution in [0.25, 0.3) is 0 Å². The molecule has 31 heavy (non-hydrogen) atoms. The van der Waals surface area contributed by atoms with Gasteiger partial charge in [-0.3, -0.25) is 9.52 Å². The molecule has 8 heteroatoms. The molecular formula is C23H31N3O4S. The molecule has 1 saturated heterocycles. The smallest absolute Gasteiger partial charge is 0.265 e. The zero-order valence-electron chi connectivity index (χ0n) is 18.5. The van der Waals surface area contributed by atoms with E-state index in [0.717, 1.165) is 31.5 Å². The number of aryl methyl sites for hydroxylation is 1. The average molecular weight is 446 g/mol.